The molecule has 6 nitrogen and oxygen atoms in total. The molecule has 0 radical (unpaired) electrons. The van der Waals surface area contributed by atoms with Gasteiger partial charge >= 0.3 is 11.9 Å². The van der Waals surface area contributed by atoms with E-state index in [1.165, 1.54) is 29.1 Å². The second-order valence-electron chi connectivity index (χ2n) is 5.75. The molecule has 0 unspecified atom stereocenters. The average molecular weight is 371 g/mol. The van der Waals surface area contributed by atoms with Crippen LogP contribution in [-0.2, 0) is 6.18 Å². The zero-order chi connectivity index (χ0) is 19.0. The van der Waals surface area contributed by atoms with Crippen molar-refractivity contribution in [1.29, 1.82) is 0 Å². The first-order valence-corrected chi connectivity index (χ1v) is 7.88. The molecule has 2 aromatic carbocycles. The zero-order valence-corrected chi connectivity index (χ0v) is 13.7. The van der Waals surface area contributed by atoms with Gasteiger partial charge in [0.15, 0.2) is 11.6 Å². The van der Waals surface area contributed by atoms with Crippen molar-refractivity contribution in [2.75, 3.05) is 5.32 Å². The molecule has 4 aromatic rings. The number of nitrogens with zero attached hydrogens (tertiary/aromatic N) is 3. The minimum absolute atomic E-state index is 0.286. The highest BCUT2D eigenvalue weighted by Crippen LogP contribution is 2.30. The molecule has 136 valence electrons. The van der Waals surface area contributed by atoms with Crippen LogP contribution in [0.2, 0.25) is 0 Å². The molecular weight excluding hydrogens is 359 g/mol. The summed E-state index contributed by atoms with van der Waals surface area (Å²) in [6.07, 6.45) is -1.55. The number of hydrogen-bond donors (Lipinski definition) is 2. The number of hydrogen-bond acceptors (Lipinski definition) is 4. The topological polar surface area (TPSA) is 75.6 Å². The number of H-pyrrole nitrogens is 1. The minimum Gasteiger partial charge on any atom is -0.339 e. The highest BCUT2D eigenvalue weighted by molar-refractivity contribution is 5.76. The van der Waals surface area contributed by atoms with Crippen LogP contribution in [0.5, 0.6) is 0 Å². The Labute approximate surface area is 150 Å². The Kier molecular flexibility index (Phi) is 3.91. The van der Waals surface area contributed by atoms with Gasteiger partial charge in [0.1, 0.15) is 0 Å². The van der Waals surface area contributed by atoms with E-state index in [4.69, 9.17) is 0 Å². The Balaban J connectivity index is 1.67. The summed E-state index contributed by atoms with van der Waals surface area (Å²) in [5, 5.41) is 2.89. The van der Waals surface area contributed by atoms with Gasteiger partial charge in [0.2, 0.25) is 0 Å². The largest absolute Gasteiger partial charge is 0.416 e. The van der Waals surface area contributed by atoms with Crippen molar-refractivity contribution in [2.45, 2.75) is 6.18 Å². The first-order valence-electron chi connectivity index (χ1n) is 7.88. The number of para-hydroxylation sites is 2. The molecule has 27 heavy (non-hydrogen) atoms. The lowest BCUT2D eigenvalue weighted by Gasteiger charge is -2.10. The van der Waals surface area contributed by atoms with Crippen LogP contribution in [0.3, 0.4) is 0 Å². The third kappa shape index (κ3) is 3.26. The predicted octanol–water partition coefficient (Wildman–Crippen LogP) is 3.87. The Morgan fingerprint density at radius 2 is 1.74 bits per heavy atom. The van der Waals surface area contributed by atoms with Gasteiger partial charge in [0, 0.05) is 5.69 Å². The molecule has 2 heterocycles. The van der Waals surface area contributed by atoms with Crippen molar-refractivity contribution >= 4 is 22.5 Å². The molecular formula is C18H12F3N5O. The molecule has 9 heteroatoms. The van der Waals surface area contributed by atoms with Gasteiger partial charge in [-0.15, -0.1) is 0 Å². The molecule has 0 amide bonds. The summed E-state index contributed by atoms with van der Waals surface area (Å²) >= 11 is 0. The number of fused-ring (bicyclic) bond motifs is 1. The highest BCUT2D eigenvalue weighted by atomic mass is 19.4. The predicted molar refractivity (Wildman–Crippen MR) is 94.2 cm³/mol. The first kappa shape index (κ1) is 16.8. The van der Waals surface area contributed by atoms with Gasteiger partial charge in [-0.05, 0) is 36.4 Å². The summed E-state index contributed by atoms with van der Waals surface area (Å²) in [4.78, 5) is 23.4. The summed E-state index contributed by atoms with van der Waals surface area (Å²) < 4.78 is 39.3. The number of nitrogens with one attached hydrogen (secondary N) is 2. The van der Waals surface area contributed by atoms with Crippen LogP contribution in [-0.4, -0.2) is 19.5 Å². The molecule has 0 saturated carbocycles. The monoisotopic (exact) mass is 371 g/mol. The first-order chi connectivity index (χ1) is 12.9. The molecule has 2 N–H and O–H groups in total. The van der Waals surface area contributed by atoms with Gasteiger partial charge in [0.25, 0.3) is 0 Å². The lowest BCUT2D eigenvalue weighted by Crippen LogP contribution is -2.16. The van der Waals surface area contributed by atoms with Gasteiger partial charge < -0.3 is 10.3 Å². The number of aromatic amines is 1. The van der Waals surface area contributed by atoms with Gasteiger partial charge in [-0.2, -0.15) is 13.2 Å². The highest BCUT2D eigenvalue weighted by Gasteiger charge is 2.29. The van der Waals surface area contributed by atoms with E-state index in [1.807, 2.05) is 0 Å². The van der Waals surface area contributed by atoms with E-state index >= 15 is 0 Å². The lowest BCUT2D eigenvalue weighted by atomic mass is 10.2. The van der Waals surface area contributed by atoms with E-state index < -0.39 is 11.7 Å². The van der Waals surface area contributed by atoms with Crippen LogP contribution in [0.4, 0.5) is 24.7 Å². The van der Waals surface area contributed by atoms with E-state index in [2.05, 4.69) is 20.3 Å². The van der Waals surface area contributed by atoms with Crippen molar-refractivity contribution in [3.8, 4) is 5.82 Å². The third-order valence-electron chi connectivity index (χ3n) is 3.93. The molecule has 0 spiro atoms. The number of anilines is 2. The van der Waals surface area contributed by atoms with Crippen molar-refractivity contribution in [2.24, 2.45) is 0 Å². The van der Waals surface area contributed by atoms with Crippen molar-refractivity contribution in [3.05, 3.63) is 77.0 Å². The quantitative estimate of drug-likeness (QED) is 0.573. The molecule has 0 aliphatic rings. The van der Waals surface area contributed by atoms with Crippen molar-refractivity contribution < 1.29 is 13.2 Å². The SMILES string of the molecule is O=c1[nH]c2ccccc2n1-c1cncc(Nc2ccc(C(F)(F)F)cc2)n1. The number of imidazole rings is 1. The maximum Gasteiger partial charge on any atom is 0.416 e. The van der Waals surface area contributed by atoms with Crippen LogP contribution in [0.15, 0.2) is 65.7 Å². The Hall–Kier alpha value is -3.62. The number of benzene rings is 2. The maximum atomic E-state index is 12.6. The van der Waals surface area contributed by atoms with Crippen molar-refractivity contribution in [3.63, 3.8) is 0 Å². The van der Waals surface area contributed by atoms with Crippen LogP contribution in [0.25, 0.3) is 16.9 Å². The van der Waals surface area contributed by atoms with Gasteiger partial charge in [-0.1, -0.05) is 12.1 Å². The Morgan fingerprint density at radius 1 is 1.00 bits per heavy atom. The standard InChI is InChI=1S/C18H12F3N5O/c19-18(20,21)11-5-7-12(8-6-11)23-15-9-22-10-16(25-15)26-14-4-2-1-3-13(14)24-17(26)27/h1-10H,(H,23,25)(H,24,27). The summed E-state index contributed by atoms with van der Waals surface area (Å²) in [5.41, 5.74) is 0.616. The van der Waals surface area contributed by atoms with E-state index in [1.54, 1.807) is 24.3 Å². The fraction of sp³-hybridized carbons (Fsp3) is 0.0556. The van der Waals surface area contributed by atoms with Crippen LogP contribution >= 0.6 is 0 Å². The Morgan fingerprint density at radius 3 is 2.48 bits per heavy atom. The fourth-order valence-corrected chi connectivity index (χ4v) is 2.70. The molecule has 2 aromatic heterocycles. The molecule has 0 aliphatic heterocycles. The lowest BCUT2D eigenvalue weighted by molar-refractivity contribution is -0.137. The van der Waals surface area contributed by atoms with E-state index in [-0.39, 0.29) is 11.5 Å². The van der Waals surface area contributed by atoms with Crippen LogP contribution in [0, 0.1) is 0 Å². The minimum atomic E-state index is -4.39. The van der Waals surface area contributed by atoms with Gasteiger partial charge in [-0.25, -0.2) is 14.3 Å². The van der Waals surface area contributed by atoms with Crippen LogP contribution < -0.4 is 11.0 Å². The summed E-state index contributed by atoms with van der Waals surface area (Å²) in [6, 6.07) is 11.7. The van der Waals surface area contributed by atoms with Gasteiger partial charge in [-0.3, -0.25) is 4.98 Å². The number of halogens is 3. The maximum absolute atomic E-state index is 12.6. The molecule has 0 saturated heterocycles. The fourth-order valence-electron chi connectivity index (χ4n) is 2.70. The molecule has 0 bridgehead atoms. The molecule has 0 aliphatic carbocycles. The van der Waals surface area contributed by atoms with Crippen molar-refractivity contribution in [1.82, 2.24) is 19.5 Å². The molecule has 0 atom stereocenters. The van der Waals surface area contributed by atoms with Crippen LogP contribution in [0.1, 0.15) is 5.56 Å². The van der Waals surface area contributed by atoms with Gasteiger partial charge in [0.05, 0.1) is 29.0 Å². The normalized spacial score (nSPS) is 11.7. The second-order valence-corrected chi connectivity index (χ2v) is 5.75. The average Bonchev–Trinajstić information content (AvgIpc) is 2.97. The third-order valence-corrected chi connectivity index (χ3v) is 3.93. The Bertz CT molecular complexity index is 1160. The number of rotatable bonds is 3. The molecule has 0 fully saturated rings. The number of alkyl halides is 3. The second kappa shape index (κ2) is 6.27. The zero-order valence-electron chi connectivity index (χ0n) is 13.7. The van der Waals surface area contributed by atoms with E-state index in [9.17, 15) is 18.0 Å². The van der Waals surface area contributed by atoms with E-state index in [0.717, 1.165) is 12.1 Å². The van der Waals surface area contributed by atoms with E-state index in [0.29, 0.717) is 22.5 Å². The summed E-state index contributed by atoms with van der Waals surface area (Å²) in [5.74, 6) is 0.582. The number of aromatic nitrogens is 4. The molecule has 4 rings (SSSR count). The smallest absolute Gasteiger partial charge is 0.339 e. The summed E-state index contributed by atoms with van der Waals surface area (Å²) in [7, 11) is 0. The summed E-state index contributed by atoms with van der Waals surface area (Å²) in [6.45, 7) is 0.